The summed E-state index contributed by atoms with van der Waals surface area (Å²) in [6.07, 6.45) is 0. The molecule has 2 aromatic rings. The molecule has 0 unspecified atom stereocenters. The SMILES string of the molecule is O=C(O)c1ccc(NC(=S)Nc2cc(Cl)ccc2Cl)cc1. The number of halogens is 2. The molecule has 21 heavy (non-hydrogen) atoms. The van der Waals surface area contributed by atoms with Crippen LogP contribution in [0.25, 0.3) is 0 Å². The Morgan fingerprint density at radius 1 is 1.05 bits per heavy atom. The van der Waals surface area contributed by atoms with Crippen LogP contribution in [0.3, 0.4) is 0 Å². The van der Waals surface area contributed by atoms with Crippen LogP contribution in [-0.4, -0.2) is 16.2 Å². The van der Waals surface area contributed by atoms with Gasteiger partial charge in [-0.3, -0.25) is 0 Å². The summed E-state index contributed by atoms with van der Waals surface area (Å²) < 4.78 is 0. The third-order valence-electron chi connectivity index (χ3n) is 2.57. The molecule has 0 bridgehead atoms. The Labute approximate surface area is 136 Å². The molecule has 108 valence electrons. The van der Waals surface area contributed by atoms with Gasteiger partial charge >= 0.3 is 5.97 Å². The standard InChI is InChI=1S/C14H10Cl2N2O2S/c15-9-3-6-11(16)12(7-9)18-14(21)17-10-4-1-8(2-5-10)13(19)20/h1-7H,(H,19,20)(H2,17,18,21). The average molecular weight is 341 g/mol. The molecule has 0 fully saturated rings. The predicted molar refractivity (Wildman–Crippen MR) is 89.7 cm³/mol. The van der Waals surface area contributed by atoms with Crippen LogP contribution in [-0.2, 0) is 0 Å². The lowest BCUT2D eigenvalue weighted by Gasteiger charge is -2.12. The van der Waals surface area contributed by atoms with E-state index in [1.807, 2.05) is 0 Å². The number of hydrogen-bond donors (Lipinski definition) is 3. The van der Waals surface area contributed by atoms with Crippen molar-refractivity contribution in [3.63, 3.8) is 0 Å². The van der Waals surface area contributed by atoms with Gasteiger partial charge in [0.2, 0.25) is 0 Å². The van der Waals surface area contributed by atoms with Gasteiger partial charge < -0.3 is 15.7 Å². The van der Waals surface area contributed by atoms with Crippen molar-refractivity contribution < 1.29 is 9.90 Å². The maximum atomic E-state index is 10.8. The highest BCUT2D eigenvalue weighted by Gasteiger charge is 2.05. The summed E-state index contributed by atoms with van der Waals surface area (Å²) in [5, 5.41) is 16.0. The van der Waals surface area contributed by atoms with E-state index in [4.69, 9.17) is 40.5 Å². The zero-order valence-electron chi connectivity index (χ0n) is 10.6. The molecule has 3 N–H and O–H groups in total. The van der Waals surface area contributed by atoms with Crippen LogP contribution < -0.4 is 10.6 Å². The normalized spacial score (nSPS) is 10.0. The van der Waals surface area contributed by atoms with Gasteiger partial charge in [-0.05, 0) is 54.7 Å². The Bertz CT molecular complexity index is 690. The first-order valence-electron chi connectivity index (χ1n) is 5.82. The molecule has 0 saturated heterocycles. The lowest BCUT2D eigenvalue weighted by Crippen LogP contribution is -2.19. The number of thiocarbonyl (C=S) groups is 1. The van der Waals surface area contributed by atoms with E-state index in [-0.39, 0.29) is 5.56 Å². The second kappa shape index (κ2) is 6.76. The van der Waals surface area contributed by atoms with Crippen LogP contribution in [0.5, 0.6) is 0 Å². The van der Waals surface area contributed by atoms with E-state index in [2.05, 4.69) is 10.6 Å². The highest BCUT2D eigenvalue weighted by molar-refractivity contribution is 7.80. The van der Waals surface area contributed by atoms with Crippen molar-refractivity contribution in [2.75, 3.05) is 10.6 Å². The Hall–Kier alpha value is -1.82. The number of benzene rings is 2. The average Bonchev–Trinajstić information content (AvgIpc) is 2.43. The molecular formula is C14H10Cl2N2O2S. The van der Waals surface area contributed by atoms with Gasteiger partial charge in [0, 0.05) is 10.7 Å². The van der Waals surface area contributed by atoms with Crippen LogP contribution in [0.15, 0.2) is 42.5 Å². The highest BCUT2D eigenvalue weighted by Crippen LogP contribution is 2.25. The summed E-state index contributed by atoms with van der Waals surface area (Å²) in [5.41, 5.74) is 1.46. The molecule has 7 heteroatoms. The molecule has 0 amide bonds. The van der Waals surface area contributed by atoms with E-state index >= 15 is 0 Å². The van der Waals surface area contributed by atoms with Crippen LogP contribution in [0.1, 0.15) is 10.4 Å². The Balaban J connectivity index is 2.04. The summed E-state index contributed by atoms with van der Waals surface area (Å²) in [5.74, 6) is -0.979. The number of carbonyl (C=O) groups is 1. The van der Waals surface area contributed by atoms with E-state index in [1.54, 1.807) is 30.3 Å². The van der Waals surface area contributed by atoms with Gasteiger partial charge in [0.1, 0.15) is 0 Å². The quantitative estimate of drug-likeness (QED) is 0.718. The predicted octanol–water partition coefficient (Wildman–Crippen LogP) is 4.50. The zero-order valence-corrected chi connectivity index (χ0v) is 12.9. The van der Waals surface area contributed by atoms with Gasteiger partial charge in [-0.25, -0.2) is 4.79 Å². The fourth-order valence-corrected chi connectivity index (χ4v) is 2.14. The van der Waals surface area contributed by atoms with Crippen molar-refractivity contribution in [3.8, 4) is 0 Å². The van der Waals surface area contributed by atoms with Crippen LogP contribution in [0.4, 0.5) is 11.4 Å². The molecule has 0 aromatic heterocycles. The molecule has 2 aromatic carbocycles. The highest BCUT2D eigenvalue weighted by atomic mass is 35.5. The van der Waals surface area contributed by atoms with Gasteiger partial charge in [-0.15, -0.1) is 0 Å². The minimum absolute atomic E-state index is 0.206. The van der Waals surface area contributed by atoms with Crippen molar-refractivity contribution in [1.29, 1.82) is 0 Å². The lowest BCUT2D eigenvalue weighted by atomic mass is 10.2. The lowest BCUT2D eigenvalue weighted by molar-refractivity contribution is 0.0697. The largest absolute Gasteiger partial charge is 0.478 e. The summed E-state index contributed by atoms with van der Waals surface area (Å²) >= 11 is 17.1. The molecular weight excluding hydrogens is 331 g/mol. The molecule has 2 rings (SSSR count). The third-order valence-corrected chi connectivity index (χ3v) is 3.34. The van der Waals surface area contributed by atoms with E-state index in [1.165, 1.54) is 12.1 Å². The van der Waals surface area contributed by atoms with Crippen molar-refractivity contribution in [3.05, 3.63) is 58.1 Å². The van der Waals surface area contributed by atoms with Gasteiger partial charge in [0.15, 0.2) is 5.11 Å². The smallest absolute Gasteiger partial charge is 0.335 e. The summed E-state index contributed by atoms with van der Waals surface area (Å²) in [7, 11) is 0. The number of carboxylic acids is 1. The van der Waals surface area contributed by atoms with Crippen molar-refractivity contribution in [2.45, 2.75) is 0 Å². The Morgan fingerprint density at radius 3 is 2.33 bits per heavy atom. The number of aromatic carboxylic acids is 1. The monoisotopic (exact) mass is 340 g/mol. The van der Waals surface area contributed by atoms with Gasteiger partial charge in [-0.1, -0.05) is 23.2 Å². The summed E-state index contributed by atoms with van der Waals surface area (Å²) in [6.45, 7) is 0. The van der Waals surface area contributed by atoms with Crippen LogP contribution in [0, 0.1) is 0 Å². The maximum absolute atomic E-state index is 10.8. The first-order valence-corrected chi connectivity index (χ1v) is 6.98. The van der Waals surface area contributed by atoms with Crippen molar-refractivity contribution in [2.24, 2.45) is 0 Å². The molecule has 0 atom stereocenters. The minimum Gasteiger partial charge on any atom is -0.478 e. The molecule has 0 aliphatic heterocycles. The third kappa shape index (κ3) is 4.32. The van der Waals surface area contributed by atoms with E-state index < -0.39 is 5.97 Å². The number of rotatable bonds is 3. The molecule has 0 heterocycles. The molecule has 0 radical (unpaired) electrons. The van der Waals surface area contributed by atoms with Gasteiger partial charge in [0.05, 0.1) is 16.3 Å². The second-order valence-corrected chi connectivity index (χ2v) is 5.34. The number of carboxylic acid groups (broad SMARTS) is 1. The van der Waals surface area contributed by atoms with E-state index in [0.717, 1.165) is 0 Å². The fourth-order valence-electron chi connectivity index (χ4n) is 1.57. The molecule has 0 aliphatic carbocycles. The van der Waals surface area contributed by atoms with E-state index in [9.17, 15) is 4.79 Å². The number of nitrogens with one attached hydrogen (secondary N) is 2. The summed E-state index contributed by atoms with van der Waals surface area (Å²) in [6, 6.07) is 11.2. The van der Waals surface area contributed by atoms with Gasteiger partial charge in [0.25, 0.3) is 0 Å². The first-order chi connectivity index (χ1) is 9.95. The van der Waals surface area contributed by atoms with Crippen molar-refractivity contribution in [1.82, 2.24) is 0 Å². The Kier molecular flexibility index (Phi) is 5.01. The number of anilines is 2. The van der Waals surface area contributed by atoms with Crippen LogP contribution in [0.2, 0.25) is 10.0 Å². The molecule has 0 spiro atoms. The van der Waals surface area contributed by atoms with E-state index in [0.29, 0.717) is 26.5 Å². The number of hydrogen-bond acceptors (Lipinski definition) is 2. The molecule has 0 saturated carbocycles. The summed E-state index contributed by atoms with van der Waals surface area (Å²) in [4.78, 5) is 10.8. The topological polar surface area (TPSA) is 61.4 Å². The fraction of sp³-hybridized carbons (Fsp3) is 0. The van der Waals surface area contributed by atoms with Crippen LogP contribution >= 0.6 is 35.4 Å². The molecule has 4 nitrogen and oxygen atoms in total. The minimum atomic E-state index is -0.979. The van der Waals surface area contributed by atoms with Gasteiger partial charge in [-0.2, -0.15) is 0 Å². The first kappa shape index (κ1) is 15.6. The Morgan fingerprint density at radius 2 is 1.71 bits per heavy atom. The zero-order chi connectivity index (χ0) is 15.4. The molecule has 0 aliphatic rings. The maximum Gasteiger partial charge on any atom is 0.335 e. The van der Waals surface area contributed by atoms with Crippen molar-refractivity contribution >= 4 is 57.9 Å². The second-order valence-electron chi connectivity index (χ2n) is 4.09.